The highest BCUT2D eigenvalue weighted by Crippen LogP contribution is 2.30. The number of hydrogen-bond acceptors (Lipinski definition) is 2. The molecule has 1 nitrogen and oxygen atoms in total. The Morgan fingerprint density at radius 2 is 2.36 bits per heavy atom. The summed E-state index contributed by atoms with van der Waals surface area (Å²) < 4.78 is 1.17. The smallest absolute Gasteiger partial charge is 0.0704 e. The van der Waals surface area contributed by atoms with E-state index >= 15 is 0 Å². The third-order valence-electron chi connectivity index (χ3n) is 1.77. The average Bonchev–Trinajstić information content (AvgIpc) is 2.28. The summed E-state index contributed by atoms with van der Waals surface area (Å²) in [5.41, 5.74) is 7.18. The Labute approximate surface area is 79.7 Å². The van der Waals surface area contributed by atoms with E-state index in [4.69, 9.17) is 5.73 Å². The molecule has 0 saturated heterocycles. The van der Waals surface area contributed by atoms with Crippen molar-refractivity contribution in [3.8, 4) is 0 Å². The quantitative estimate of drug-likeness (QED) is 0.835. The Hall–Kier alpha value is 0.140. The van der Waals surface area contributed by atoms with Gasteiger partial charge in [0.15, 0.2) is 0 Å². The second-order valence-corrected chi connectivity index (χ2v) is 5.21. The molecule has 1 unspecified atom stereocenters. The molecule has 1 atom stereocenters. The van der Waals surface area contributed by atoms with Crippen molar-refractivity contribution in [2.75, 3.05) is 0 Å². The molecule has 0 bridgehead atoms. The van der Waals surface area contributed by atoms with E-state index in [-0.39, 0.29) is 6.04 Å². The minimum atomic E-state index is 0.206. The van der Waals surface area contributed by atoms with E-state index < -0.39 is 0 Å². The molecule has 1 aromatic heterocycles. The number of hydrogen-bond donors (Lipinski definition) is 1. The van der Waals surface area contributed by atoms with E-state index in [1.807, 2.05) is 0 Å². The molecular weight excluding hydrogens is 222 g/mol. The van der Waals surface area contributed by atoms with Crippen LogP contribution in [0.2, 0.25) is 0 Å². The maximum absolute atomic E-state index is 5.89. The summed E-state index contributed by atoms with van der Waals surface area (Å²) in [4.78, 5) is 1.33. The van der Waals surface area contributed by atoms with Crippen LogP contribution in [0.15, 0.2) is 9.85 Å². The average molecular weight is 234 g/mol. The number of thiophene rings is 1. The standard InChI is InChI=1S/C8H12BrNS/c1-3-7(10)6-4-8(9)11-5(6)2/h4,7H,3,10H2,1-2H3. The Morgan fingerprint density at radius 3 is 2.73 bits per heavy atom. The minimum Gasteiger partial charge on any atom is -0.324 e. The zero-order valence-corrected chi connectivity index (χ0v) is 9.13. The van der Waals surface area contributed by atoms with E-state index in [1.54, 1.807) is 11.3 Å². The molecule has 0 saturated carbocycles. The van der Waals surface area contributed by atoms with Gasteiger partial charge < -0.3 is 5.73 Å². The molecule has 1 rings (SSSR count). The molecular formula is C8H12BrNS. The molecule has 0 amide bonds. The molecule has 0 spiro atoms. The van der Waals surface area contributed by atoms with Gasteiger partial charge in [-0.2, -0.15) is 0 Å². The molecule has 0 fully saturated rings. The van der Waals surface area contributed by atoms with Crippen molar-refractivity contribution in [3.05, 3.63) is 20.3 Å². The van der Waals surface area contributed by atoms with Crippen LogP contribution in [0, 0.1) is 6.92 Å². The molecule has 62 valence electrons. The maximum atomic E-state index is 5.89. The molecule has 0 aliphatic rings. The fourth-order valence-corrected chi connectivity index (χ4v) is 2.83. The van der Waals surface area contributed by atoms with E-state index in [9.17, 15) is 0 Å². The predicted molar refractivity (Wildman–Crippen MR) is 54.0 cm³/mol. The second-order valence-electron chi connectivity index (χ2n) is 2.58. The van der Waals surface area contributed by atoms with Gasteiger partial charge in [-0.25, -0.2) is 0 Å². The Kier molecular flexibility index (Phi) is 3.10. The second kappa shape index (κ2) is 3.70. The van der Waals surface area contributed by atoms with Crippen LogP contribution in [0.5, 0.6) is 0 Å². The van der Waals surface area contributed by atoms with Gasteiger partial charge in [0, 0.05) is 10.9 Å². The summed E-state index contributed by atoms with van der Waals surface area (Å²) >= 11 is 5.19. The van der Waals surface area contributed by atoms with E-state index in [1.165, 1.54) is 14.2 Å². The van der Waals surface area contributed by atoms with Crippen molar-refractivity contribution in [1.82, 2.24) is 0 Å². The first-order valence-corrected chi connectivity index (χ1v) is 5.27. The number of rotatable bonds is 2. The zero-order valence-electron chi connectivity index (χ0n) is 6.73. The monoisotopic (exact) mass is 233 g/mol. The number of nitrogens with two attached hydrogens (primary N) is 1. The van der Waals surface area contributed by atoms with Crippen molar-refractivity contribution in [2.24, 2.45) is 5.73 Å². The molecule has 3 heteroatoms. The van der Waals surface area contributed by atoms with Crippen LogP contribution in [-0.2, 0) is 0 Å². The molecule has 1 aromatic rings. The fourth-order valence-electron chi connectivity index (χ4n) is 1.05. The van der Waals surface area contributed by atoms with Gasteiger partial charge in [0.25, 0.3) is 0 Å². The first-order valence-electron chi connectivity index (χ1n) is 3.66. The van der Waals surface area contributed by atoms with Gasteiger partial charge in [0.2, 0.25) is 0 Å². The summed E-state index contributed by atoms with van der Waals surface area (Å²) in [5.74, 6) is 0. The highest BCUT2D eigenvalue weighted by molar-refractivity contribution is 9.11. The Morgan fingerprint density at radius 1 is 1.73 bits per heavy atom. The van der Waals surface area contributed by atoms with Crippen molar-refractivity contribution >= 4 is 27.3 Å². The van der Waals surface area contributed by atoms with Crippen molar-refractivity contribution in [2.45, 2.75) is 26.3 Å². The summed E-state index contributed by atoms with van der Waals surface area (Å²) in [7, 11) is 0. The maximum Gasteiger partial charge on any atom is 0.0704 e. The highest BCUT2D eigenvalue weighted by Gasteiger charge is 2.09. The lowest BCUT2D eigenvalue weighted by Crippen LogP contribution is -2.08. The van der Waals surface area contributed by atoms with Crippen molar-refractivity contribution in [3.63, 3.8) is 0 Å². The third kappa shape index (κ3) is 2.04. The molecule has 0 aliphatic carbocycles. The molecule has 0 aliphatic heterocycles. The molecule has 0 radical (unpaired) electrons. The fraction of sp³-hybridized carbons (Fsp3) is 0.500. The van der Waals surface area contributed by atoms with E-state index in [0.717, 1.165) is 6.42 Å². The SMILES string of the molecule is CCC(N)c1cc(Br)sc1C. The van der Waals surface area contributed by atoms with E-state index in [2.05, 4.69) is 35.8 Å². The van der Waals surface area contributed by atoms with Crippen LogP contribution in [0.3, 0.4) is 0 Å². The van der Waals surface area contributed by atoms with Gasteiger partial charge >= 0.3 is 0 Å². The van der Waals surface area contributed by atoms with Gasteiger partial charge in [0.1, 0.15) is 0 Å². The number of aryl methyl sites for hydroxylation is 1. The Bertz CT molecular complexity index is 244. The topological polar surface area (TPSA) is 26.0 Å². The lowest BCUT2D eigenvalue weighted by Gasteiger charge is -2.06. The van der Waals surface area contributed by atoms with Crippen LogP contribution in [0.25, 0.3) is 0 Å². The van der Waals surface area contributed by atoms with Crippen LogP contribution in [0.1, 0.15) is 29.8 Å². The molecule has 11 heavy (non-hydrogen) atoms. The Balaban J connectivity index is 2.93. The third-order valence-corrected chi connectivity index (χ3v) is 3.33. The van der Waals surface area contributed by atoms with Gasteiger partial charge in [-0.1, -0.05) is 6.92 Å². The van der Waals surface area contributed by atoms with Crippen LogP contribution >= 0.6 is 27.3 Å². The predicted octanol–water partition coefficient (Wildman–Crippen LogP) is 3.23. The van der Waals surface area contributed by atoms with Crippen molar-refractivity contribution in [1.29, 1.82) is 0 Å². The first-order chi connectivity index (χ1) is 5.15. The highest BCUT2D eigenvalue weighted by atomic mass is 79.9. The van der Waals surface area contributed by atoms with Gasteiger partial charge in [-0.3, -0.25) is 0 Å². The summed E-state index contributed by atoms with van der Waals surface area (Å²) in [6, 6.07) is 2.33. The molecule has 1 heterocycles. The van der Waals surface area contributed by atoms with Crippen molar-refractivity contribution < 1.29 is 0 Å². The van der Waals surface area contributed by atoms with Gasteiger partial charge in [0.05, 0.1) is 3.79 Å². The lowest BCUT2D eigenvalue weighted by atomic mass is 10.1. The largest absolute Gasteiger partial charge is 0.324 e. The minimum absolute atomic E-state index is 0.206. The normalized spacial score (nSPS) is 13.5. The summed E-state index contributed by atoms with van der Waals surface area (Å²) in [5, 5.41) is 0. The molecule has 2 N–H and O–H groups in total. The number of halogens is 1. The first kappa shape index (κ1) is 9.23. The van der Waals surface area contributed by atoms with Crippen LogP contribution in [-0.4, -0.2) is 0 Å². The van der Waals surface area contributed by atoms with Crippen LogP contribution in [0.4, 0.5) is 0 Å². The zero-order chi connectivity index (χ0) is 8.43. The van der Waals surface area contributed by atoms with Gasteiger partial charge in [-0.05, 0) is 40.9 Å². The van der Waals surface area contributed by atoms with Gasteiger partial charge in [-0.15, -0.1) is 11.3 Å². The molecule has 0 aromatic carbocycles. The lowest BCUT2D eigenvalue weighted by molar-refractivity contribution is 0.697. The van der Waals surface area contributed by atoms with E-state index in [0.29, 0.717) is 0 Å². The van der Waals surface area contributed by atoms with Crippen LogP contribution < -0.4 is 5.73 Å². The summed E-state index contributed by atoms with van der Waals surface area (Å²) in [6.45, 7) is 4.22. The summed E-state index contributed by atoms with van der Waals surface area (Å²) in [6.07, 6.45) is 1.00.